The molecule has 0 saturated carbocycles. The molecule has 0 saturated heterocycles. The second-order valence-electron chi connectivity index (χ2n) is 5.28. The molecule has 2 aromatic carbocycles. The van der Waals surface area contributed by atoms with Gasteiger partial charge in [0, 0.05) is 6.04 Å². The van der Waals surface area contributed by atoms with Crippen LogP contribution in [0.25, 0.3) is 0 Å². The first-order valence-electron chi connectivity index (χ1n) is 7.28. The van der Waals surface area contributed by atoms with Crippen molar-refractivity contribution in [2.75, 3.05) is 0 Å². The monoisotopic (exact) mass is 282 g/mol. The Balaban J connectivity index is 2.22. The molecule has 3 nitrogen and oxygen atoms in total. The van der Waals surface area contributed by atoms with Crippen LogP contribution in [0.5, 0.6) is 0 Å². The van der Waals surface area contributed by atoms with E-state index in [1.165, 1.54) is 11.1 Å². The summed E-state index contributed by atoms with van der Waals surface area (Å²) in [5, 5.41) is 3.38. The summed E-state index contributed by atoms with van der Waals surface area (Å²) in [5.41, 5.74) is 8.87. The third kappa shape index (κ3) is 3.92. The fourth-order valence-corrected chi connectivity index (χ4v) is 2.44. The Kier molecular flexibility index (Phi) is 5.12. The van der Waals surface area contributed by atoms with Crippen molar-refractivity contribution in [3.05, 3.63) is 71.3 Å². The number of amides is 1. The summed E-state index contributed by atoms with van der Waals surface area (Å²) in [6.07, 6.45) is 0.889. The Labute approximate surface area is 126 Å². The lowest BCUT2D eigenvalue weighted by Crippen LogP contribution is -2.35. The van der Waals surface area contributed by atoms with Gasteiger partial charge in [-0.3, -0.25) is 10.1 Å². The molecule has 2 rings (SSSR count). The summed E-state index contributed by atoms with van der Waals surface area (Å²) in [7, 11) is 0. The maximum absolute atomic E-state index is 11.8. The molecule has 2 aromatic rings. The lowest BCUT2D eigenvalue weighted by molar-refractivity contribution is -0.120. The fourth-order valence-electron chi connectivity index (χ4n) is 2.44. The average molecular weight is 282 g/mol. The number of hydrogen-bond donors (Lipinski definition) is 2. The Hall–Kier alpha value is -2.13. The summed E-state index contributed by atoms with van der Waals surface area (Å²) in [4.78, 5) is 11.8. The van der Waals surface area contributed by atoms with Gasteiger partial charge in [-0.15, -0.1) is 0 Å². The predicted molar refractivity (Wildman–Crippen MR) is 85.7 cm³/mol. The van der Waals surface area contributed by atoms with Crippen molar-refractivity contribution in [2.45, 2.75) is 32.4 Å². The van der Waals surface area contributed by atoms with E-state index in [0.717, 1.165) is 12.0 Å². The topological polar surface area (TPSA) is 55.1 Å². The molecule has 0 heterocycles. The quantitative estimate of drug-likeness (QED) is 0.854. The summed E-state index contributed by atoms with van der Waals surface area (Å²) in [6.45, 7) is 4.16. The molecule has 0 radical (unpaired) electrons. The highest BCUT2D eigenvalue weighted by molar-refractivity contribution is 5.81. The zero-order valence-corrected chi connectivity index (χ0v) is 12.5. The number of carbonyl (C=O) groups excluding carboxylic acids is 1. The standard InChI is InChI=1S/C18H22N2O/c1-3-16(14-11-9-13(2)10-12-14)20-17(18(19)21)15-7-5-4-6-8-15/h4-12,16-17,20H,3H2,1-2H3,(H2,19,21)/t16-,17-/m1/s1. The van der Waals surface area contributed by atoms with E-state index in [0.29, 0.717) is 0 Å². The van der Waals surface area contributed by atoms with E-state index in [1.807, 2.05) is 30.3 Å². The van der Waals surface area contributed by atoms with Crippen LogP contribution in [0, 0.1) is 6.92 Å². The molecule has 0 unspecified atom stereocenters. The summed E-state index contributed by atoms with van der Waals surface area (Å²) < 4.78 is 0. The van der Waals surface area contributed by atoms with Crippen molar-refractivity contribution in [3.63, 3.8) is 0 Å². The minimum atomic E-state index is -0.475. The van der Waals surface area contributed by atoms with Crippen LogP contribution in [-0.2, 0) is 4.79 Å². The van der Waals surface area contributed by atoms with Gasteiger partial charge in [0.1, 0.15) is 6.04 Å². The van der Waals surface area contributed by atoms with Crippen LogP contribution in [0.4, 0.5) is 0 Å². The first-order valence-corrected chi connectivity index (χ1v) is 7.28. The van der Waals surface area contributed by atoms with Crippen LogP contribution in [0.3, 0.4) is 0 Å². The van der Waals surface area contributed by atoms with E-state index in [9.17, 15) is 4.79 Å². The van der Waals surface area contributed by atoms with Gasteiger partial charge >= 0.3 is 0 Å². The van der Waals surface area contributed by atoms with E-state index in [1.54, 1.807) is 0 Å². The van der Waals surface area contributed by atoms with Gasteiger partial charge in [-0.1, -0.05) is 67.1 Å². The van der Waals surface area contributed by atoms with E-state index >= 15 is 0 Å². The summed E-state index contributed by atoms with van der Waals surface area (Å²) in [5.74, 6) is -0.355. The van der Waals surface area contributed by atoms with Gasteiger partial charge in [0.15, 0.2) is 0 Å². The Morgan fingerprint density at radius 2 is 1.67 bits per heavy atom. The third-order valence-electron chi connectivity index (χ3n) is 3.67. The lowest BCUT2D eigenvalue weighted by Gasteiger charge is -2.24. The normalized spacial score (nSPS) is 13.6. The van der Waals surface area contributed by atoms with Crippen molar-refractivity contribution in [1.29, 1.82) is 0 Å². The maximum Gasteiger partial charge on any atom is 0.239 e. The number of aryl methyl sites for hydroxylation is 1. The van der Waals surface area contributed by atoms with Gasteiger partial charge in [0.2, 0.25) is 5.91 Å². The first kappa shape index (κ1) is 15.3. The van der Waals surface area contributed by atoms with Crippen molar-refractivity contribution in [3.8, 4) is 0 Å². The minimum absolute atomic E-state index is 0.100. The predicted octanol–water partition coefficient (Wildman–Crippen LogP) is 3.26. The minimum Gasteiger partial charge on any atom is -0.368 e. The molecule has 1 amide bonds. The van der Waals surface area contributed by atoms with E-state index < -0.39 is 6.04 Å². The number of nitrogens with one attached hydrogen (secondary N) is 1. The zero-order valence-electron chi connectivity index (χ0n) is 12.5. The van der Waals surface area contributed by atoms with Crippen LogP contribution in [-0.4, -0.2) is 5.91 Å². The van der Waals surface area contributed by atoms with Gasteiger partial charge in [-0.25, -0.2) is 0 Å². The number of primary amides is 1. The number of carbonyl (C=O) groups is 1. The molecule has 0 aliphatic carbocycles. The molecule has 0 spiro atoms. The second kappa shape index (κ2) is 7.04. The molecular formula is C18H22N2O. The molecule has 0 fully saturated rings. The Morgan fingerprint density at radius 3 is 2.19 bits per heavy atom. The van der Waals surface area contributed by atoms with Crippen LogP contribution >= 0.6 is 0 Å². The molecule has 3 N–H and O–H groups in total. The number of rotatable bonds is 6. The molecule has 0 aliphatic heterocycles. The Morgan fingerprint density at radius 1 is 1.05 bits per heavy atom. The fraction of sp³-hybridized carbons (Fsp3) is 0.278. The zero-order chi connectivity index (χ0) is 15.2. The van der Waals surface area contributed by atoms with Gasteiger partial charge in [0.25, 0.3) is 0 Å². The molecule has 0 bridgehead atoms. The summed E-state index contributed by atoms with van der Waals surface area (Å²) in [6, 6.07) is 17.6. The van der Waals surface area contributed by atoms with Crippen LogP contribution < -0.4 is 11.1 Å². The van der Waals surface area contributed by atoms with Crippen molar-refractivity contribution in [2.24, 2.45) is 5.73 Å². The smallest absolute Gasteiger partial charge is 0.239 e. The van der Waals surface area contributed by atoms with E-state index in [-0.39, 0.29) is 11.9 Å². The SMILES string of the molecule is CC[C@@H](N[C@@H](C(N)=O)c1ccccc1)c1ccc(C)cc1. The van der Waals surface area contributed by atoms with Gasteiger partial charge in [-0.05, 0) is 24.5 Å². The third-order valence-corrected chi connectivity index (χ3v) is 3.67. The average Bonchev–Trinajstić information content (AvgIpc) is 2.50. The van der Waals surface area contributed by atoms with E-state index in [4.69, 9.17) is 5.73 Å². The number of hydrogen-bond acceptors (Lipinski definition) is 2. The Bertz CT molecular complexity index is 578. The summed E-state index contributed by atoms with van der Waals surface area (Å²) >= 11 is 0. The first-order chi connectivity index (χ1) is 10.1. The largest absolute Gasteiger partial charge is 0.368 e. The van der Waals surface area contributed by atoms with Gasteiger partial charge in [0.05, 0.1) is 0 Å². The number of benzene rings is 2. The van der Waals surface area contributed by atoms with Gasteiger partial charge in [-0.2, -0.15) is 0 Å². The molecule has 0 aliphatic rings. The molecular weight excluding hydrogens is 260 g/mol. The lowest BCUT2D eigenvalue weighted by atomic mass is 9.99. The van der Waals surface area contributed by atoms with Crippen LogP contribution in [0.1, 0.15) is 42.1 Å². The van der Waals surface area contributed by atoms with Crippen molar-refractivity contribution in [1.82, 2.24) is 5.32 Å². The van der Waals surface area contributed by atoms with Crippen molar-refractivity contribution < 1.29 is 4.79 Å². The molecule has 2 atom stereocenters. The molecule has 110 valence electrons. The second-order valence-corrected chi connectivity index (χ2v) is 5.28. The molecule has 21 heavy (non-hydrogen) atoms. The highest BCUT2D eigenvalue weighted by atomic mass is 16.1. The molecule has 3 heteroatoms. The molecule has 0 aromatic heterocycles. The van der Waals surface area contributed by atoms with Gasteiger partial charge < -0.3 is 5.73 Å². The maximum atomic E-state index is 11.8. The highest BCUT2D eigenvalue weighted by Gasteiger charge is 2.21. The number of nitrogens with two attached hydrogens (primary N) is 1. The van der Waals surface area contributed by atoms with Crippen LogP contribution in [0.15, 0.2) is 54.6 Å². The van der Waals surface area contributed by atoms with Crippen molar-refractivity contribution >= 4 is 5.91 Å². The van der Waals surface area contributed by atoms with Crippen LogP contribution in [0.2, 0.25) is 0 Å². The highest BCUT2D eigenvalue weighted by Crippen LogP contribution is 2.22. The van der Waals surface area contributed by atoms with E-state index in [2.05, 4.69) is 43.4 Å².